The number of nitrogens with zero attached hydrogens (tertiary/aromatic N) is 1. The minimum Gasteiger partial charge on any atom is -0.351 e. The Labute approximate surface area is 173 Å². The molecular weight excluding hydrogens is 393 g/mol. The quantitative estimate of drug-likeness (QED) is 0.660. The predicted octanol–water partition coefficient (Wildman–Crippen LogP) is 4.11. The number of nitrogens with one attached hydrogen (secondary N) is 2. The Hall–Kier alpha value is -2.48. The number of aryl methyl sites for hydroxylation is 2. The van der Waals surface area contributed by atoms with Gasteiger partial charge in [0.05, 0.1) is 21.8 Å². The molecule has 158 valence electrons. The Balaban J connectivity index is 0.00000145. The lowest BCUT2D eigenvalue weighted by Crippen LogP contribution is -2.26. The zero-order valence-corrected chi connectivity index (χ0v) is 18.3. The number of pyridine rings is 1. The van der Waals surface area contributed by atoms with Crippen molar-refractivity contribution >= 4 is 34.3 Å². The third-order valence-corrected chi connectivity index (χ3v) is 6.62. The summed E-state index contributed by atoms with van der Waals surface area (Å²) in [6, 6.07) is 4.75. The minimum atomic E-state index is -1.50. The van der Waals surface area contributed by atoms with Gasteiger partial charge in [-0.25, -0.2) is 8.60 Å². The van der Waals surface area contributed by atoms with Crippen LogP contribution in [0.5, 0.6) is 0 Å². The van der Waals surface area contributed by atoms with Crippen LogP contribution >= 0.6 is 0 Å². The van der Waals surface area contributed by atoms with E-state index in [-0.39, 0.29) is 17.7 Å². The highest BCUT2D eigenvalue weighted by molar-refractivity contribution is 7.88. The van der Waals surface area contributed by atoms with E-state index in [0.717, 1.165) is 11.8 Å². The third kappa shape index (κ3) is 4.93. The average Bonchev–Trinajstić information content (AvgIpc) is 3.47. The summed E-state index contributed by atoms with van der Waals surface area (Å²) in [5.41, 5.74) is 1.93. The number of benzene rings is 1. The molecule has 1 heterocycles. The van der Waals surface area contributed by atoms with Crippen LogP contribution < -0.4 is 15.6 Å². The van der Waals surface area contributed by atoms with Crippen LogP contribution in [0.2, 0.25) is 0 Å². The molecule has 3 rings (SSSR count). The maximum absolute atomic E-state index is 14.3. The van der Waals surface area contributed by atoms with Gasteiger partial charge in [0.2, 0.25) is 0 Å². The largest absolute Gasteiger partial charge is 0.351 e. The van der Waals surface area contributed by atoms with E-state index in [1.165, 1.54) is 16.8 Å². The highest BCUT2D eigenvalue weighted by atomic mass is 32.2. The molecule has 0 radical (unpaired) electrons. The third-order valence-electron chi connectivity index (χ3n) is 4.85. The summed E-state index contributed by atoms with van der Waals surface area (Å²) in [6.45, 7) is 7.41. The van der Waals surface area contributed by atoms with Crippen molar-refractivity contribution in [2.45, 2.75) is 51.7 Å². The summed E-state index contributed by atoms with van der Waals surface area (Å²) in [7, 11) is 0.0943. The summed E-state index contributed by atoms with van der Waals surface area (Å²) in [5, 5.41) is 2.96. The molecule has 1 aliphatic carbocycles. The van der Waals surface area contributed by atoms with Gasteiger partial charge in [0.1, 0.15) is 23.1 Å². The van der Waals surface area contributed by atoms with Gasteiger partial charge in [0, 0.05) is 25.2 Å². The molecule has 2 aromatic rings. The fraction of sp³-hybridized carbons (Fsp3) is 0.429. The van der Waals surface area contributed by atoms with Crippen LogP contribution in [0.4, 0.5) is 21.5 Å². The first-order valence-corrected chi connectivity index (χ1v) is 10.8. The van der Waals surface area contributed by atoms with Gasteiger partial charge in [-0.15, -0.1) is 0 Å². The second-order valence-corrected chi connectivity index (χ2v) is 8.60. The van der Waals surface area contributed by atoms with E-state index in [9.17, 15) is 18.2 Å². The first-order chi connectivity index (χ1) is 13.8. The fourth-order valence-corrected chi connectivity index (χ4v) is 4.21. The van der Waals surface area contributed by atoms with E-state index in [1.54, 1.807) is 33.0 Å². The summed E-state index contributed by atoms with van der Waals surface area (Å²) in [5.74, 6) is -0.443. The van der Waals surface area contributed by atoms with Gasteiger partial charge in [-0.05, 0) is 44.4 Å². The van der Waals surface area contributed by atoms with Crippen molar-refractivity contribution in [2.75, 3.05) is 10.0 Å². The van der Waals surface area contributed by atoms with E-state index in [1.807, 2.05) is 13.8 Å². The summed E-state index contributed by atoms with van der Waals surface area (Å²) in [6.07, 6.45) is 3.92. The molecule has 1 aromatic carbocycles. The van der Waals surface area contributed by atoms with Crippen molar-refractivity contribution in [2.24, 2.45) is 7.05 Å². The monoisotopic (exact) mass is 421 g/mol. The molecule has 1 fully saturated rings. The second-order valence-electron chi connectivity index (χ2n) is 6.99. The van der Waals surface area contributed by atoms with Crippen LogP contribution in [0.1, 0.15) is 44.2 Å². The van der Waals surface area contributed by atoms with Gasteiger partial charge < -0.3 is 19.4 Å². The molecule has 1 aromatic heterocycles. The Morgan fingerprint density at radius 1 is 1.24 bits per heavy atom. The molecule has 1 atom stereocenters. The molecule has 1 saturated carbocycles. The Bertz CT molecular complexity index is 984. The Kier molecular flexibility index (Phi) is 7.35. The second kappa shape index (κ2) is 9.35. The molecule has 29 heavy (non-hydrogen) atoms. The molecule has 2 N–H and O–H groups in total. The van der Waals surface area contributed by atoms with Crippen molar-refractivity contribution in [1.29, 1.82) is 0 Å². The number of halogens is 1. The maximum atomic E-state index is 14.3. The van der Waals surface area contributed by atoms with Gasteiger partial charge in [0.25, 0.3) is 5.56 Å². The summed E-state index contributed by atoms with van der Waals surface area (Å²) >= 11 is 0. The molecule has 1 unspecified atom stereocenters. The number of hydrogen-bond donors (Lipinski definition) is 2. The van der Waals surface area contributed by atoms with Crippen LogP contribution in [-0.4, -0.2) is 19.8 Å². The van der Waals surface area contributed by atoms with Gasteiger partial charge in [0.15, 0.2) is 0 Å². The van der Waals surface area contributed by atoms with Crippen molar-refractivity contribution in [3.05, 3.63) is 51.7 Å². The summed E-state index contributed by atoms with van der Waals surface area (Å²) in [4.78, 5) is 23.2. The number of carbonyl (C=O) groups is 1. The van der Waals surface area contributed by atoms with Crippen molar-refractivity contribution in [3.63, 3.8) is 0 Å². The lowest BCUT2D eigenvalue weighted by molar-refractivity contribution is -0.107. The van der Waals surface area contributed by atoms with Crippen LogP contribution in [0.15, 0.2) is 29.2 Å². The number of aromatic nitrogens is 1. The summed E-state index contributed by atoms with van der Waals surface area (Å²) < 4.78 is 30.8. The topological polar surface area (TPSA) is 80.2 Å². The number of aldehydes is 1. The highest BCUT2D eigenvalue weighted by Gasteiger charge is 2.48. The van der Waals surface area contributed by atoms with Crippen molar-refractivity contribution < 1.29 is 13.4 Å². The van der Waals surface area contributed by atoms with E-state index in [0.29, 0.717) is 29.8 Å². The Morgan fingerprint density at radius 2 is 1.90 bits per heavy atom. The van der Waals surface area contributed by atoms with Crippen LogP contribution in [0, 0.1) is 19.7 Å². The normalized spacial score (nSPS) is 15.0. The molecule has 1 aliphatic rings. The lowest BCUT2D eigenvalue weighted by Gasteiger charge is -2.20. The standard InChI is InChI=1S/C19H22FN3O3S.C2H6/c1-12-4-5-15(14(20)10-12)21-17-13(2)18(25)23(3)11-16(17)22-27(26)19(6-7-19)8-9-24;1-2/h4-5,9-11,21-22H,6-8H2,1-3H3;1-2H3. The molecule has 0 aliphatic heterocycles. The van der Waals surface area contributed by atoms with Gasteiger partial charge >= 0.3 is 0 Å². The zero-order chi connectivity index (χ0) is 21.8. The molecule has 6 nitrogen and oxygen atoms in total. The molecular formula is C21H28FN3O3S. The number of anilines is 3. The highest BCUT2D eigenvalue weighted by Crippen LogP contribution is 2.45. The fourth-order valence-electron chi connectivity index (χ4n) is 2.95. The first-order valence-electron chi connectivity index (χ1n) is 9.63. The van der Waals surface area contributed by atoms with Gasteiger partial charge in [-0.1, -0.05) is 19.9 Å². The van der Waals surface area contributed by atoms with E-state index in [2.05, 4.69) is 10.0 Å². The number of carbonyl (C=O) groups excluding carboxylic acids is 1. The lowest BCUT2D eigenvalue weighted by atomic mass is 10.2. The van der Waals surface area contributed by atoms with E-state index in [4.69, 9.17) is 0 Å². The number of hydrogen-bond acceptors (Lipinski definition) is 4. The Morgan fingerprint density at radius 3 is 2.45 bits per heavy atom. The van der Waals surface area contributed by atoms with Crippen molar-refractivity contribution in [1.82, 2.24) is 4.57 Å². The average molecular weight is 422 g/mol. The maximum Gasteiger partial charge on any atom is 0.255 e. The molecule has 0 saturated heterocycles. The molecule has 0 spiro atoms. The van der Waals surface area contributed by atoms with Gasteiger partial charge in [-0.3, -0.25) is 4.79 Å². The molecule has 0 amide bonds. The van der Waals surface area contributed by atoms with Crippen LogP contribution in [-0.2, 0) is 22.8 Å². The van der Waals surface area contributed by atoms with E-state index >= 15 is 0 Å². The molecule has 0 bridgehead atoms. The zero-order valence-electron chi connectivity index (χ0n) is 17.5. The first kappa shape index (κ1) is 22.8. The van der Waals surface area contributed by atoms with Gasteiger partial charge in [-0.2, -0.15) is 0 Å². The minimum absolute atomic E-state index is 0.215. The van der Waals surface area contributed by atoms with E-state index < -0.39 is 21.5 Å². The predicted molar refractivity (Wildman–Crippen MR) is 117 cm³/mol. The van der Waals surface area contributed by atoms with Crippen LogP contribution in [0.3, 0.4) is 0 Å². The SMILES string of the molecule is CC.Cc1ccc(Nc2c(NS(=O)C3(CC=O)CC3)cn(C)c(=O)c2C)c(F)c1. The van der Waals surface area contributed by atoms with Crippen molar-refractivity contribution in [3.8, 4) is 0 Å². The van der Waals surface area contributed by atoms with Crippen LogP contribution in [0.25, 0.3) is 0 Å². The smallest absolute Gasteiger partial charge is 0.255 e. The number of rotatable bonds is 7. The molecule has 8 heteroatoms.